The van der Waals surface area contributed by atoms with Crippen LogP contribution in [0.2, 0.25) is 0 Å². The zero-order chi connectivity index (χ0) is 11.0. The Labute approximate surface area is 96.3 Å². The van der Waals surface area contributed by atoms with Gasteiger partial charge in [0.05, 0.1) is 0 Å². The van der Waals surface area contributed by atoms with E-state index in [4.69, 9.17) is 5.73 Å². The van der Waals surface area contributed by atoms with Gasteiger partial charge >= 0.3 is 0 Å². The molecule has 2 aromatic rings. The zero-order valence-corrected chi connectivity index (χ0v) is 10.1. The van der Waals surface area contributed by atoms with E-state index < -0.39 is 0 Å². The zero-order valence-electron chi connectivity index (χ0n) is 8.53. The molecule has 0 unspecified atom stereocenters. The molecule has 5 heteroatoms. The van der Waals surface area contributed by atoms with Crippen LogP contribution in [0.5, 0.6) is 0 Å². The molecule has 1 heterocycles. The van der Waals surface area contributed by atoms with Gasteiger partial charge in [-0.05, 0) is 25.1 Å². The normalized spacial score (nSPS) is 10.6. The fraction of sp³-hybridized carbons (Fsp3) is 0.200. The van der Waals surface area contributed by atoms with Gasteiger partial charge in [-0.1, -0.05) is 15.9 Å². The molecule has 2 N–H and O–H groups in total. The Bertz CT molecular complexity index is 504. The molecule has 4 nitrogen and oxygen atoms in total. The number of nitrogens with two attached hydrogens (primary N) is 1. The summed E-state index contributed by atoms with van der Waals surface area (Å²) in [7, 11) is 1.86. The molecule has 0 amide bonds. The first-order chi connectivity index (χ1) is 7.08. The number of anilines is 1. The quantitative estimate of drug-likeness (QED) is 0.805. The van der Waals surface area contributed by atoms with Gasteiger partial charge in [0.2, 0.25) is 0 Å². The second kappa shape index (κ2) is 3.66. The highest BCUT2D eigenvalue weighted by Crippen LogP contribution is 2.26. The van der Waals surface area contributed by atoms with Crippen molar-refractivity contribution in [3.63, 3.8) is 0 Å². The summed E-state index contributed by atoms with van der Waals surface area (Å²) in [5.74, 6) is 1.53. The van der Waals surface area contributed by atoms with E-state index in [-0.39, 0.29) is 0 Å². The van der Waals surface area contributed by atoms with E-state index in [2.05, 4.69) is 26.0 Å². The van der Waals surface area contributed by atoms with Gasteiger partial charge in [-0.25, -0.2) is 9.67 Å². The molecule has 0 aliphatic rings. The van der Waals surface area contributed by atoms with Gasteiger partial charge in [-0.3, -0.25) is 0 Å². The number of aryl methyl sites for hydroxylation is 2. The van der Waals surface area contributed by atoms with Gasteiger partial charge in [0.1, 0.15) is 5.82 Å². The number of nitrogen functional groups attached to an aromatic ring is 1. The highest BCUT2D eigenvalue weighted by Gasteiger charge is 2.09. The molecule has 0 aliphatic heterocycles. The number of halogens is 1. The smallest absolute Gasteiger partial charge is 0.160 e. The maximum Gasteiger partial charge on any atom is 0.160 e. The van der Waals surface area contributed by atoms with Crippen LogP contribution in [0.1, 0.15) is 5.82 Å². The molecule has 0 aliphatic carbocycles. The molecule has 0 atom stereocenters. The van der Waals surface area contributed by atoms with Crippen molar-refractivity contribution in [2.75, 3.05) is 5.73 Å². The molecule has 78 valence electrons. The summed E-state index contributed by atoms with van der Waals surface area (Å²) in [6, 6.07) is 5.73. The summed E-state index contributed by atoms with van der Waals surface area (Å²) in [6.07, 6.45) is 0. The molecule has 15 heavy (non-hydrogen) atoms. The lowest BCUT2D eigenvalue weighted by Gasteiger charge is -2.04. The fourth-order valence-corrected chi connectivity index (χ4v) is 1.86. The summed E-state index contributed by atoms with van der Waals surface area (Å²) in [5, 5.41) is 4.19. The number of aromatic nitrogens is 3. The van der Waals surface area contributed by atoms with Crippen LogP contribution in [0.25, 0.3) is 11.4 Å². The second-order valence-electron chi connectivity index (χ2n) is 3.34. The van der Waals surface area contributed by atoms with Crippen molar-refractivity contribution in [3.05, 3.63) is 28.5 Å². The topological polar surface area (TPSA) is 56.7 Å². The summed E-state index contributed by atoms with van der Waals surface area (Å²) in [5.41, 5.74) is 7.52. The van der Waals surface area contributed by atoms with Crippen molar-refractivity contribution < 1.29 is 0 Å². The average molecular weight is 267 g/mol. The third-order valence-corrected chi connectivity index (χ3v) is 2.62. The highest BCUT2D eigenvalue weighted by molar-refractivity contribution is 9.10. The number of nitrogens with zero attached hydrogens (tertiary/aromatic N) is 3. The lowest BCUT2D eigenvalue weighted by atomic mass is 10.2. The monoisotopic (exact) mass is 266 g/mol. The Hall–Kier alpha value is -1.36. The minimum atomic E-state index is 0.694. The molecule has 0 fully saturated rings. The Balaban J connectivity index is 2.59. The van der Waals surface area contributed by atoms with Crippen LogP contribution in [0.3, 0.4) is 0 Å². The molecule has 0 radical (unpaired) electrons. The predicted molar refractivity (Wildman–Crippen MR) is 63.3 cm³/mol. The minimum absolute atomic E-state index is 0.694. The van der Waals surface area contributed by atoms with E-state index in [0.29, 0.717) is 5.69 Å². The van der Waals surface area contributed by atoms with E-state index in [1.165, 1.54) is 0 Å². The molecule has 0 bridgehead atoms. The van der Waals surface area contributed by atoms with Crippen molar-refractivity contribution in [2.45, 2.75) is 6.92 Å². The lowest BCUT2D eigenvalue weighted by molar-refractivity contribution is 0.764. The van der Waals surface area contributed by atoms with Crippen molar-refractivity contribution in [1.82, 2.24) is 14.8 Å². The van der Waals surface area contributed by atoms with Crippen molar-refractivity contribution in [1.29, 1.82) is 0 Å². The van der Waals surface area contributed by atoms with Crippen LogP contribution in [0.4, 0.5) is 5.69 Å². The third kappa shape index (κ3) is 1.87. The van der Waals surface area contributed by atoms with Crippen LogP contribution in [-0.2, 0) is 7.05 Å². The van der Waals surface area contributed by atoms with E-state index in [0.717, 1.165) is 21.7 Å². The average Bonchev–Trinajstić information content (AvgIpc) is 2.45. The fourth-order valence-electron chi connectivity index (χ4n) is 1.48. The van der Waals surface area contributed by atoms with Gasteiger partial charge < -0.3 is 5.73 Å². The minimum Gasteiger partial charge on any atom is -0.398 e. The third-order valence-electron chi connectivity index (χ3n) is 2.12. The Morgan fingerprint density at radius 3 is 2.67 bits per heavy atom. The van der Waals surface area contributed by atoms with Crippen LogP contribution in [0, 0.1) is 6.92 Å². The van der Waals surface area contributed by atoms with E-state index in [9.17, 15) is 0 Å². The van der Waals surface area contributed by atoms with Gasteiger partial charge in [-0.2, -0.15) is 5.10 Å². The molecular formula is C10H11BrN4. The lowest BCUT2D eigenvalue weighted by Crippen LogP contribution is -1.98. The van der Waals surface area contributed by atoms with Crippen molar-refractivity contribution >= 4 is 21.6 Å². The highest BCUT2D eigenvalue weighted by atomic mass is 79.9. The number of hydrogen-bond acceptors (Lipinski definition) is 3. The maximum absolute atomic E-state index is 5.92. The van der Waals surface area contributed by atoms with Gasteiger partial charge in [0.25, 0.3) is 0 Å². The Kier molecular flexibility index (Phi) is 2.48. The van der Waals surface area contributed by atoms with E-state index >= 15 is 0 Å². The summed E-state index contributed by atoms with van der Waals surface area (Å²) in [6.45, 7) is 1.86. The summed E-state index contributed by atoms with van der Waals surface area (Å²) < 4.78 is 2.69. The van der Waals surface area contributed by atoms with Gasteiger partial charge in [0, 0.05) is 22.8 Å². The first-order valence-electron chi connectivity index (χ1n) is 4.51. The molecule has 0 saturated carbocycles. The number of rotatable bonds is 1. The van der Waals surface area contributed by atoms with Crippen LogP contribution in [-0.4, -0.2) is 14.8 Å². The number of benzene rings is 1. The molecule has 2 rings (SSSR count). The standard InChI is InChI=1S/C10H11BrN4/c1-6-13-10(15(2)14-6)8-4-3-7(11)5-9(8)12/h3-5H,12H2,1-2H3. The summed E-state index contributed by atoms with van der Waals surface area (Å²) >= 11 is 3.37. The van der Waals surface area contributed by atoms with Gasteiger partial charge in [-0.15, -0.1) is 0 Å². The van der Waals surface area contributed by atoms with Crippen molar-refractivity contribution in [3.8, 4) is 11.4 Å². The molecule has 1 aromatic heterocycles. The summed E-state index contributed by atoms with van der Waals surface area (Å²) in [4.78, 5) is 4.33. The maximum atomic E-state index is 5.92. The Morgan fingerprint density at radius 1 is 1.40 bits per heavy atom. The van der Waals surface area contributed by atoms with Crippen LogP contribution in [0.15, 0.2) is 22.7 Å². The van der Waals surface area contributed by atoms with Gasteiger partial charge in [0.15, 0.2) is 5.82 Å². The molecule has 0 saturated heterocycles. The van der Waals surface area contributed by atoms with Crippen LogP contribution < -0.4 is 5.73 Å². The largest absolute Gasteiger partial charge is 0.398 e. The molecular weight excluding hydrogens is 256 g/mol. The second-order valence-corrected chi connectivity index (χ2v) is 4.25. The Morgan fingerprint density at radius 2 is 2.13 bits per heavy atom. The SMILES string of the molecule is Cc1nc(-c2ccc(Br)cc2N)n(C)n1. The molecule has 0 spiro atoms. The van der Waals surface area contributed by atoms with Crippen LogP contribution >= 0.6 is 15.9 Å². The van der Waals surface area contributed by atoms with Crippen molar-refractivity contribution in [2.24, 2.45) is 7.05 Å². The van der Waals surface area contributed by atoms with E-state index in [1.807, 2.05) is 32.2 Å². The predicted octanol–water partition coefficient (Wildman–Crippen LogP) is 2.14. The first-order valence-corrected chi connectivity index (χ1v) is 5.30. The molecule has 1 aromatic carbocycles. The van der Waals surface area contributed by atoms with E-state index in [1.54, 1.807) is 4.68 Å². The number of hydrogen-bond donors (Lipinski definition) is 1. The first kappa shape index (κ1) is 10.2.